The Kier molecular flexibility index (Phi) is 6.24. The van der Waals surface area contributed by atoms with E-state index in [9.17, 15) is 9.59 Å². The molecule has 1 saturated heterocycles. The largest absolute Gasteiger partial charge is 0.368 e. The van der Waals surface area contributed by atoms with Crippen molar-refractivity contribution in [3.8, 4) is 0 Å². The van der Waals surface area contributed by atoms with E-state index in [2.05, 4.69) is 0 Å². The van der Waals surface area contributed by atoms with Crippen LogP contribution in [-0.4, -0.2) is 60.5 Å². The molecule has 0 aromatic heterocycles. The first-order valence-corrected chi connectivity index (χ1v) is 8.75. The third-order valence-electron chi connectivity index (χ3n) is 4.86. The van der Waals surface area contributed by atoms with Crippen molar-refractivity contribution in [1.82, 2.24) is 9.80 Å². The smallest absolute Gasteiger partial charge is 0.251 e. The molecule has 1 heterocycles. The molecule has 1 aliphatic heterocycles. The average molecular weight is 310 g/mol. The van der Waals surface area contributed by atoms with E-state index in [0.717, 1.165) is 25.9 Å². The summed E-state index contributed by atoms with van der Waals surface area (Å²) in [5.74, 6) is 1.07. The van der Waals surface area contributed by atoms with Gasteiger partial charge in [0.25, 0.3) is 5.91 Å². The zero-order valence-corrected chi connectivity index (χ0v) is 14.2. The van der Waals surface area contributed by atoms with Crippen molar-refractivity contribution in [2.24, 2.45) is 11.8 Å². The van der Waals surface area contributed by atoms with Gasteiger partial charge in [0.2, 0.25) is 5.91 Å². The maximum absolute atomic E-state index is 12.4. The first-order valence-electron chi connectivity index (χ1n) is 8.75. The Balaban J connectivity index is 1.75. The molecular formula is C17H30N2O3. The van der Waals surface area contributed by atoms with Crippen LogP contribution in [0.3, 0.4) is 0 Å². The van der Waals surface area contributed by atoms with Crippen molar-refractivity contribution in [2.45, 2.75) is 52.6 Å². The SMILES string of the molecule is CCN(CC)C(=O)C1CCN(C(=O)C(C)OCC2CC2)CC1. The van der Waals surface area contributed by atoms with Crippen LogP contribution in [0.4, 0.5) is 0 Å². The van der Waals surface area contributed by atoms with Crippen LogP contribution in [0.1, 0.15) is 46.5 Å². The van der Waals surface area contributed by atoms with Gasteiger partial charge in [-0.25, -0.2) is 0 Å². The molecule has 22 heavy (non-hydrogen) atoms. The second-order valence-corrected chi connectivity index (χ2v) is 6.53. The van der Waals surface area contributed by atoms with Gasteiger partial charge < -0.3 is 14.5 Å². The Morgan fingerprint density at radius 3 is 2.23 bits per heavy atom. The number of nitrogens with zero attached hydrogens (tertiary/aromatic N) is 2. The van der Waals surface area contributed by atoms with Crippen LogP contribution >= 0.6 is 0 Å². The minimum Gasteiger partial charge on any atom is -0.368 e. The number of carbonyl (C=O) groups is 2. The summed E-state index contributed by atoms with van der Waals surface area (Å²) in [6.07, 6.45) is 3.67. The topological polar surface area (TPSA) is 49.9 Å². The molecule has 5 nitrogen and oxygen atoms in total. The third kappa shape index (κ3) is 4.45. The molecule has 1 unspecified atom stereocenters. The summed E-state index contributed by atoms with van der Waals surface area (Å²) in [6.45, 7) is 9.46. The molecule has 5 heteroatoms. The summed E-state index contributed by atoms with van der Waals surface area (Å²) in [7, 11) is 0. The molecule has 1 atom stereocenters. The van der Waals surface area contributed by atoms with Gasteiger partial charge in [-0.1, -0.05) is 0 Å². The Labute approximate surface area is 134 Å². The summed E-state index contributed by atoms with van der Waals surface area (Å²) in [5, 5.41) is 0. The Hall–Kier alpha value is -1.10. The third-order valence-corrected chi connectivity index (χ3v) is 4.86. The second-order valence-electron chi connectivity index (χ2n) is 6.53. The maximum atomic E-state index is 12.4. The highest BCUT2D eigenvalue weighted by Gasteiger charge is 2.31. The molecule has 2 amide bonds. The lowest BCUT2D eigenvalue weighted by atomic mass is 9.95. The Morgan fingerprint density at radius 1 is 1.14 bits per heavy atom. The lowest BCUT2D eigenvalue weighted by molar-refractivity contribution is -0.147. The minimum absolute atomic E-state index is 0.0756. The van der Waals surface area contributed by atoms with Crippen molar-refractivity contribution < 1.29 is 14.3 Å². The first-order chi connectivity index (χ1) is 10.6. The second kappa shape index (κ2) is 7.95. The molecular weight excluding hydrogens is 280 g/mol. The zero-order chi connectivity index (χ0) is 16.1. The number of likely N-dealkylation sites (tertiary alicyclic amines) is 1. The molecule has 1 saturated carbocycles. The van der Waals surface area contributed by atoms with E-state index in [1.54, 1.807) is 0 Å². The molecule has 2 rings (SSSR count). The predicted molar refractivity (Wildman–Crippen MR) is 85.4 cm³/mol. The van der Waals surface area contributed by atoms with Crippen molar-refractivity contribution >= 4 is 11.8 Å². The molecule has 0 aromatic rings. The average Bonchev–Trinajstić information content (AvgIpc) is 3.37. The summed E-state index contributed by atoms with van der Waals surface area (Å²) in [4.78, 5) is 28.5. The van der Waals surface area contributed by atoms with E-state index >= 15 is 0 Å². The lowest BCUT2D eigenvalue weighted by Gasteiger charge is -2.34. The molecule has 2 aliphatic rings. The van der Waals surface area contributed by atoms with Crippen LogP contribution in [0.5, 0.6) is 0 Å². The summed E-state index contributed by atoms with van der Waals surface area (Å²) >= 11 is 0. The van der Waals surface area contributed by atoms with Crippen molar-refractivity contribution in [3.05, 3.63) is 0 Å². The highest BCUT2D eigenvalue weighted by Crippen LogP contribution is 2.29. The number of ether oxygens (including phenoxy) is 1. The van der Waals surface area contributed by atoms with Crippen LogP contribution in [0.25, 0.3) is 0 Å². The lowest BCUT2D eigenvalue weighted by Crippen LogP contribution is -2.47. The molecule has 2 fully saturated rings. The van der Waals surface area contributed by atoms with E-state index in [1.165, 1.54) is 12.8 Å². The molecule has 0 bridgehead atoms. The van der Waals surface area contributed by atoms with Crippen molar-refractivity contribution in [3.63, 3.8) is 0 Å². The normalized spacial score (nSPS) is 20.8. The highest BCUT2D eigenvalue weighted by molar-refractivity contribution is 5.82. The van der Waals surface area contributed by atoms with Crippen LogP contribution in [0.2, 0.25) is 0 Å². The number of hydrogen-bond donors (Lipinski definition) is 0. The number of piperidine rings is 1. The quantitative estimate of drug-likeness (QED) is 0.722. The monoisotopic (exact) mass is 310 g/mol. The Bertz CT molecular complexity index is 383. The fourth-order valence-electron chi connectivity index (χ4n) is 3.03. The van der Waals surface area contributed by atoms with Gasteiger partial charge in [0, 0.05) is 32.1 Å². The molecule has 1 aliphatic carbocycles. The van der Waals surface area contributed by atoms with E-state index < -0.39 is 0 Å². The molecule has 0 spiro atoms. The van der Waals surface area contributed by atoms with E-state index in [4.69, 9.17) is 4.74 Å². The van der Waals surface area contributed by atoms with E-state index in [-0.39, 0.29) is 23.8 Å². The number of carbonyl (C=O) groups excluding carboxylic acids is 2. The number of rotatable bonds is 7. The number of hydrogen-bond acceptors (Lipinski definition) is 3. The molecule has 0 aromatic carbocycles. The predicted octanol–water partition coefficient (Wildman–Crippen LogP) is 1.91. The summed E-state index contributed by atoms with van der Waals surface area (Å²) in [5.41, 5.74) is 0. The van der Waals surface area contributed by atoms with Gasteiger partial charge in [0.05, 0.1) is 6.61 Å². The highest BCUT2D eigenvalue weighted by atomic mass is 16.5. The molecule has 0 N–H and O–H groups in total. The van der Waals surface area contributed by atoms with Crippen molar-refractivity contribution in [2.75, 3.05) is 32.8 Å². The van der Waals surface area contributed by atoms with Gasteiger partial charge >= 0.3 is 0 Å². The van der Waals surface area contributed by atoms with Gasteiger partial charge in [0.15, 0.2) is 0 Å². The van der Waals surface area contributed by atoms with Gasteiger partial charge in [0.1, 0.15) is 6.10 Å². The van der Waals surface area contributed by atoms with Gasteiger partial charge in [-0.15, -0.1) is 0 Å². The minimum atomic E-state index is -0.351. The van der Waals surface area contributed by atoms with E-state index in [0.29, 0.717) is 25.6 Å². The summed E-state index contributed by atoms with van der Waals surface area (Å²) < 4.78 is 5.66. The van der Waals surface area contributed by atoms with Crippen molar-refractivity contribution in [1.29, 1.82) is 0 Å². The van der Waals surface area contributed by atoms with Crippen LogP contribution in [0, 0.1) is 11.8 Å². The molecule has 126 valence electrons. The van der Waals surface area contributed by atoms with Gasteiger partial charge in [-0.2, -0.15) is 0 Å². The van der Waals surface area contributed by atoms with Gasteiger partial charge in [-0.05, 0) is 52.4 Å². The maximum Gasteiger partial charge on any atom is 0.251 e. The number of amides is 2. The summed E-state index contributed by atoms with van der Waals surface area (Å²) in [6, 6.07) is 0. The zero-order valence-electron chi connectivity index (χ0n) is 14.2. The fraction of sp³-hybridized carbons (Fsp3) is 0.882. The Morgan fingerprint density at radius 2 is 1.73 bits per heavy atom. The van der Waals surface area contributed by atoms with Gasteiger partial charge in [-0.3, -0.25) is 9.59 Å². The first kappa shape index (κ1) is 17.3. The van der Waals surface area contributed by atoms with Crippen LogP contribution in [0.15, 0.2) is 0 Å². The van der Waals surface area contributed by atoms with Crippen LogP contribution < -0.4 is 0 Å². The standard InChI is InChI=1S/C17H30N2O3/c1-4-18(5-2)17(21)15-8-10-19(11-9-15)16(20)13(3)22-12-14-6-7-14/h13-15H,4-12H2,1-3H3. The fourth-order valence-corrected chi connectivity index (χ4v) is 3.03. The molecule has 0 radical (unpaired) electrons. The van der Waals surface area contributed by atoms with Crippen LogP contribution in [-0.2, 0) is 14.3 Å². The van der Waals surface area contributed by atoms with E-state index in [1.807, 2.05) is 30.6 Å².